The molecular weight excluding hydrogens is 238 g/mol. The first-order valence-corrected chi connectivity index (χ1v) is 6.38. The summed E-state index contributed by atoms with van der Waals surface area (Å²) in [6.45, 7) is 5.81. The molecule has 0 aliphatic carbocycles. The van der Waals surface area contributed by atoms with Crippen LogP contribution in [0.5, 0.6) is 11.5 Å². The van der Waals surface area contributed by atoms with Gasteiger partial charge in [-0.25, -0.2) is 0 Å². The predicted octanol–water partition coefficient (Wildman–Crippen LogP) is 3.03. The molecule has 0 unspecified atom stereocenters. The van der Waals surface area contributed by atoms with Gasteiger partial charge in [-0.05, 0) is 44.0 Å². The molecule has 0 atom stereocenters. The van der Waals surface area contributed by atoms with Crippen LogP contribution in [0, 0.1) is 0 Å². The van der Waals surface area contributed by atoms with Crippen LogP contribution in [0.4, 0.5) is 0 Å². The van der Waals surface area contributed by atoms with Gasteiger partial charge in [0, 0.05) is 0 Å². The Labute approximate surface area is 108 Å². The lowest BCUT2D eigenvalue weighted by atomic mass is 10.1. The van der Waals surface area contributed by atoms with E-state index in [-0.39, 0.29) is 0 Å². The highest BCUT2D eigenvalue weighted by molar-refractivity contribution is 6.32. The van der Waals surface area contributed by atoms with Crippen molar-refractivity contribution in [2.45, 2.75) is 26.7 Å². The maximum Gasteiger partial charge on any atom is 0.179 e. The topological polar surface area (TPSA) is 44.5 Å². The summed E-state index contributed by atoms with van der Waals surface area (Å²) in [5, 5.41) is 0.591. The molecule has 1 rings (SSSR count). The molecule has 0 heterocycles. The van der Waals surface area contributed by atoms with Gasteiger partial charge in [0.1, 0.15) is 0 Å². The summed E-state index contributed by atoms with van der Waals surface area (Å²) in [6.07, 6.45) is 1.72. The average Bonchev–Trinajstić information content (AvgIpc) is 2.29. The molecule has 0 fully saturated rings. The number of hydrogen-bond acceptors (Lipinski definition) is 3. The van der Waals surface area contributed by atoms with E-state index < -0.39 is 0 Å². The fraction of sp³-hybridized carbons (Fsp3) is 0.538. The second-order valence-corrected chi connectivity index (χ2v) is 4.13. The van der Waals surface area contributed by atoms with Gasteiger partial charge in [0.2, 0.25) is 0 Å². The van der Waals surface area contributed by atoms with Gasteiger partial charge in [-0.15, -0.1) is 0 Å². The lowest BCUT2D eigenvalue weighted by Crippen LogP contribution is -2.05. The summed E-state index contributed by atoms with van der Waals surface area (Å²) >= 11 is 6.20. The van der Waals surface area contributed by atoms with Crippen LogP contribution in [0.1, 0.15) is 25.8 Å². The van der Waals surface area contributed by atoms with Crippen LogP contribution in [0.15, 0.2) is 12.1 Å². The van der Waals surface area contributed by atoms with E-state index >= 15 is 0 Å². The smallest absolute Gasteiger partial charge is 0.179 e. The number of ether oxygens (including phenoxy) is 2. The number of rotatable bonds is 7. The van der Waals surface area contributed by atoms with Gasteiger partial charge in [-0.3, -0.25) is 0 Å². The van der Waals surface area contributed by atoms with Crippen LogP contribution in [0.25, 0.3) is 0 Å². The molecule has 4 heteroatoms. The first-order valence-electron chi connectivity index (χ1n) is 6.01. The van der Waals surface area contributed by atoms with Crippen molar-refractivity contribution in [3.63, 3.8) is 0 Å². The van der Waals surface area contributed by atoms with Crippen molar-refractivity contribution in [2.24, 2.45) is 5.73 Å². The molecule has 3 nitrogen and oxygen atoms in total. The molecule has 0 radical (unpaired) electrons. The zero-order chi connectivity index (χ0) is 12.7. The molecule has 0 bridgehead atoms. The highest BCUT2D eigenvalue weighted by Crippen LogP contribution is 2.36. The molecule has 2 N–H and O–H groups in total. The molecule has 1 aromatic rings. The van der Waals surface area contributed by atoms with E-state index in [4.69, 9.17) is 26.8 Å². The van der Waals surface area contributed by atoms with Gasteiger partial charge in [-0.2, -0.15) is 0 Å². The minimum atomic E-state index is 0.588. The van der Waals surface area contributed by atoms with Gasteiger partial charge in [0.25, 0.3) is 0 Å². The third-order valence-electron chi connectivity index (χ3n) is 2.25. The Kier molecular flexibility index (Phi) is 6.16. The fourth-order valence-electron chi connectivity index (χ4n) is 1.54. The average molecular weight is 258 g/mol. The van der Waals surface area contributed by atoms with Gasteiger partial charge in [-0.1, -0.05) is 18.5 Å². The molecule has 0 spiro atoms. The predicted molar refractivity (Wildman–Crippen MR) is 71.2 cm³/mol. The van der Waals surface area contributed by atoms with Crippen molar-refractivity contribution in [2.75, 3.05) is 19.8 Å². The van der Waals surface area contributed by atoms with Crippen molar-refractivity contribution < 1.29 is 9.47 Å². The summed E-state index contributed by atoms with van der Waals surface area (Å²) in [7, 11) is 0. The third-order valence-corrected chi connectivity index (χ3v) is 2.53. The number of halogens is 1. The molecule has 17 heavy (non-hydrogen) atoms. The Hall–Kier alpha value is -0.930. The normalized spacial score (nSPS) is 10.4. The molecule has 1 aromatic carbocycles. The molecule has 0 aliphatic heterocycles. The molecule has 0 aromatic heterocycles. The molecule has 0 saturated heterocycles. The van der Waals surface area contributed by atoms with Gasteiger partial charge in [0.05, 0.1) is 18.2 Å². The van der Waals surface area contributed by atoms with E-state index in [2.05, 4.69) is 6.92 Å². The van der Waals surface area contributed by atoms with Crippen LogP contribution < -0.4 is 15.2 Å². The summed E-state index contributed by atoms with van der Waals surface area (Å²) in [5.41, 5.74) is 6.61. The SMILES string of the molecule is CCCOc1c(Cl)cc(CCN)cc1OCC. The second-order valence-electron chi connectivity index (χ2n) is 3.73. The van der Waals surface area contributed by atoms with E-state index in [1.165, 1.54) is 0 Å². The molecular formula is C13H20ClNO2. The minimum Gasteiger partial charge on any atom is -0.490 e. The summed E-state index contributed by atoms with van der Waals surface area (Å²) < 4.78 is 11.2. The van der Waals surface area contributed by atoms with Gasteiger partial charge in [0.15, 0.2) is 11.5 Å². The lowest BCUT2D eigenvalue weighted by Gasteiger charge is -2.14. The maximum absolute atomic E-state index is 6.20. The van der Waals surface area contributed by atoms with E-state index in [0.717, 1.165) is 18.4 Å². The van der Waals surface area contributed by atoms with Crippen molar-refractivity contribution in [1.29, 1.82) is 0 Å². The number of benzene rings is 1. The number of hydrogen-bond donors (Lipinski definition) is 1. The first kappa shape index (κ1) is 14.1. The third kappa shape index (κ3) is 4.10. The Morgan fingerprint density at radius 1 is 1.24 bits per heavy atom. The Balaban J connectivity index is 2.99. The summed E-state index contributed by atoms with van der Waals surface area (Å²) in [6, 6.07) is 3.84. The monoisotopic (exact) mass is 257 g/mol. The van der Waals surface area contributed by atoms with Crippen LogP contribution in [-0.2, 0) is 6.42 Å². The minimum absolute atomic E-state index is 0.588. The molecule has 96 valence electrons. The van der Waals surface area contributed by atoms with E-state index in [9.17, 15) is 0 Å². The summed E-state index contributed by atoms with van der Waals surface area (Å²) in [4.78, 5) is 0. The van der Waals surface area contributed by atoms with Crippen molar-refractivity contribution >= 4 is 11.6 Å². The zero-order valence-corrected chi connectivity index (χ0v) is 11.2. The van der Waals surface area contributed by atoms with Gasteiger partial charge >= 0.3 is 0 Å². The van der Waals surface area contributed by atoms with Crippen molar-refractivity contribution in [1.82, 2.24) is 0 Å². The highest BCUT2D eigenvalue weighted by Gasteiger charge is 2.12. The largest absolute Gasteiger partial charge is 0.490 e. The van der Waals surface area contributed by atoms with Crippen LogP contribution in [0.2, 0.25) is 5.02 Å². The fourth-order valence-corrected chi connectivity index (χ4v) is 1.83. The molecule has 0 aliphatic rings. The van der Waals surface area contributed by atoms with Gasteiger partial charge < -0.3 is 15.2 Å². The zero-order valence-electron chi connectivity index (χ0n) is 10.5. The van der Waals surface area contributed by atoms with Crippen LogP contribution in [0.3, 0.4) is 0 Å². The molecule has 0 amide bonds. The van der Waals surface area contributed by atoms with E-state index in [0.29, 0.717) is 36.3 Å². The summed E-state index contributed by atoms with van der Waals surface area (Å²) in [5.74, 6) is 1.34. The highest BCUT2D eigenvalue weighted by atomic mass is 35.5. The van der Waals surface area contributed by atoms with E-state index in [1.807, 2.05) is 19.1 Å². The Morgan fingerprint density at radius 3 is 2.59 bits per heavy atom. The Bertz CT molecular complexity index is 356. The number of nitrogens with two attached hydrogens (primary N) is 1. The van der Waals surface area contributed by atoms with E-state index in [1.54, 1.807) is 0 Å². The van der Waals surface area contributed by atoms with Crippen LogP contribution in [-0.4, -0.2) is 19.8 Å². The lowest BCUT2D eigenvalue weighted by molar-refractivity contribution is 0.277. The Morgan fingerprint density at radius 2 is 2.00 bits per heavy atom. The standard InChI is InChI=1S/C13H20ClNO2/c1-3-7-17-13-11(14)8-10(5-6-15)9-12(13)16-4-2/h8-9H,3-7,15H2,1-2H3. The van der Waals surface area contributed by atoms with Crippen molar-refractivity contribution in [3.8, 4) is 11.5 Å². The maximum atomic E-state index is 6.20. The quantitative estimate of drug-likeness (QED) is 0.817. The van der Waals surface area contributed by atoms with Crippen molar-refractivity contribution in [3.05, 3.63) is 22.7 Å². The second kappa shape index (κ2) is 7.41. The first-order chi connectivity index (χ1) is 8.22. The molecule has 0 saturated carbocycles. The van der Waals surface area contributed by atoms with Crippen LogP contribution >= 0.6 is 11.6 Å².